The Hall–Kier alpha value is -3.19. The van der Waals surface area contributed by atoms with Gasteiger partial charge in [-0.2, -0.15) is 0 Å². The van der Waals surface area contributed by atoms with Crippen molar-refractivity contribution in [2.24, 2.45) is 0 Å². The van der Waals surface area contributed by atoms with E-state index in [1.54, 1.807) is 41.4 Å². The third-order valence-corrected chi connectivity index (χ3v) is 5.36. The summed E-state index contributed by atoms with van der Waals surface area (Å²) in [6.45, 7) is 8.52. The van der Waals surface area contributed by atoms with Crippen LogP contribution in [0.25, 0.3) is 5.57 Å². The minimum atomic E-state index is -0.295. The van der Waals surface area contributed by atoms with Crippen LogP contribution in [0.3, 0.4) is 0 Å². The summed E-state index contributed by atoms with van der Waals surface area (Å²) >= 11 is 3.29. The number of nitrogens with one attached hydrogen (secondary N) is 1. The van der Waals surface area contributed by atoms with Crippen molar-refractivity contribution in [1.82, 2.24) is 15.2 Å². The molecule has 3 N–H and O–H groups in total. The molecule has 0 saturated carbocycles. The number of rotatable bonds is 6. The third kappa shape index (κ3) is 4.86. The van der Waals surface area contributed by atoms with Gasteiger partial charge < -0.3 is 16.0 Å². The van der Waals surface area contributed by atoms with Crippen molar-refractivity contribution in [3.63, 3.8) is 0 Å². The minimum Gasteiger partial charge on any atom is -0.383 e. The summed E-state index contributed by atoms with van der Waals surface area (Å²) < 4.78 is 0.677. The van der Waals surface area contributed by atoms with Gasteiger partial charge in [-0.1, -0.05) is 43.5 Å². The monoisotopic (exact) mass is 466 g/mol. The number of carbonyl (C=O) groups excluding carboxylic acids is 2. The first-order chi connectivity index (χ1) is 14.4. The van der Waals surface area contributed by atoms with Crippen molar-refractivity contribution >= 4 is 39.1 Å². The van der Waals surface area contributed by atoms with Gasteiger partial charge in [-0.3, -0.25) is 9.59 Å². The maximum atomic E-state index is 12.8. The van der Waals surface area contributed by atoms with Gasteiger partial charge in [0.1, 0.15) is 5.82 Å². The van der Waals surface area contributed by atoms with Crippen molar-refractivity contribution in [3.8, 4) is 0 Å². The van der Waals surface area contributed by atoms with E-state index in [1.165, 1.54) is 0 Å². The number of aromatic nitrogens is 1. The topological polar surface area (TPSA) is 88.3 Å². The van der Waals surface area contributed by atoms with Crippen molar-refractivity contribution in [3.05, 3.63) is 89.1 Å². The second kappa shape index (κ2) is 9.54. The van der Waals surface area contributed by atoms with E-state index in [0.29, 0.717) is 35.1 Å². The van der Waals surface area contributed by atoms with Crippen LogP contribution in [0, 0.1) is 0 Å². The molecule has 30 heavy (non-hydrogen) atoms. The molecule has 1 aliphatic heterocycles. The molecule has 0 bridgehead atoms. The Morgan fingerprint density at radius 3 is 2.60 bits per heavy atom. The molecule has 2 aromatic rings. The molecule has 0 radical (unpaired) electrons. The van der Waals surface area contributed by atoms with Crippen LogP contribution < -0.4 is 11.1 Å². The van der Waals surface area contributed by atoms with Gasteiger partial charge in [0.25, 0.3) is 11.8 Å². The highest BCUT2D eigenvalue weighted by Gasteiger charge is 2.28. The molecular weight excluding hydrogens is 444 g/mol. The summed E-state index contributed by atoms with van der Waals surface area (Å²) in [6, 6.07) is 8.89. The summed E-state index contributed by atoms with van der Waals surface area (Å²) in [7, 11) is 0. The first-order valence-electron chi connectivity index (χ1n) is 9.49. The van der Waals surface area contributed by atoms with E-state index in [4.69, 9.17) is 5.73 Å². The number of halogens is 1. The van der Waals surface area contributed by atoms with Gasteiger partial charge >= 0.3 is 0 Å². The Labute approximate surface area is 184 Å². The molecule has 0 aliphatic carbocycles. The molecule has 1 fully saturated rings. The highest BCUT2D eigenvalue weighted by molar-refractivity contribution is 9.10. The number of pyridine rings is 1. The average molecular weight is 467 g/mol. The first-order valence-corrected chi connectivity index (χ1v) is 10.3. The maximum Gasteiger partial charge on any atom is 0.255 e. The zero-order chi connectivity index (χ0) is 21.7. The predicted octanol–water partition coefficient (Wildman–Crippen LogP) is 3.83. The number of likely N-dealkylation sites (tertiary alicyclic amines) is 1. The molecule has 1 saturated heterocycles. The fraction of sp³-hybridized carbons (Fsp3) is 0.174. The molecule has 1 atom stereocenters. The second-order valence-corrected chi connectivity index (χ2v) is 7.85. The summed E-state index contributed by atoms with van der Waals surface area (Å²) in [5.74, 6) is -0.184. The standard InChI is InChI=1S/C23H23BrN4O2/c1-3-5-15(4-2)16-6-8-17(9-7-16)23(30)28-11-10-19(14-28)27-22(29)20-12-18(24)13-26-21(20)25/h3-9,12-13,19H,1-2,10-11,14H2,(H2,25,26)(H,27,29)/b15-5+. The van der Waals surface area contributed by atoms with Gasteiger partial charge in [-0.15, -0.1) is 0 Å². The summed E-state index contributed by atoms with van der Waals surface area (Å²) in [5.41, 5.74) is 8.63. The number of benzene rings is 1. The molecular formula is C23H23BrN4O2. The van der Waals surface area contributed by atoms with Crippen LogP contribution in [-0.4, -0.2) is 40.8 Å². The van der Waals surface area contributed by atoms with Crippen LogP contribution in [0.5, 0.6) is 0 Å². The maximum absolute atomic E-state index is 12.8. The number of allylic oxidation sites excluding steroid dienone is 4. The zero-order valence-electron chi connectivity index (χ0n) is 16.5. The average Bonchev–Trinajstić information content (AvgIpc) is 3.21. The molecule has 1 aromatic carbocycles. The molecule has 1 aliphatic rings. The number of carbonyl (C=O) groups is 2. The highest BCUT2D eigenvalue weighted by atomic mass is 79.9. The van der Waals surface area contributed by atoms with Crippen LogP contribution in [-0.2, 0) is 0 Å². The van der Waals surface area contributed by atoms with Gasteiger partial charge in [0.15, 0.2) is 0 Å². The molecule has 6 nitrogen and oxygen atoms in total. The van der Waals surface area contributed by atoms with E-state index in [9.17, 15) is 9.59 Å². The van der Waals surface area contributed by atoms with Crippen molar-refractivity contribution in [1.29, 1.82) is 0 Å². The largest absolute Gasteiger partial charge is 0.383 e. The van der Waals surface area contributed by atoms with Gasteiger partial charge in [0, 0.05) is 35.4 Å². The van der Waals surface area contributed by atoms with Crippen LogP contribution >= 0.6 is 15.9 Å². The van der Waals surface area contributed by atoms with Crippen molar-refractivity contribution < 1.29 is 9.59 Å². The number of hydrogen-bond acceptors (Lipinski definition) is 4. The fourth-order valence-corrected chi connectivity index (χ4v) is 3.69. The Balaban J connectivity index is 1.63. The lowest BCUT2D eigenvalue weighted by atomic mass is 10.0. The lowest BCUT2D eigenvalue weighted by Crippen LogP contribution is -2.38. The summed E-state index contributed by atoms with van der Waals surface area (Å²) in [5, 5.41) is 2.94. The van der Waals surface area contributed by atoms with Crippen LogP contribution in [0.2, 0.25) is 0 Å². The van der Waals surface area contributed by atoms with Crippen molar-refractivity contribution in [2.45, 2.75) is 12.5 Å². The molecule has 2 amide bonds. The number of amides is 2. The number of anilines is 1. The molecule has 1 unspecified atom stereocenters. The third-order valence-electron chi connectivity index (χ3n) is 4.92. The Bertz CT molecular complexity index is 1010. The van der Waals surface area contributed by atoms with E-state index in [0.717, 1.165) is 11.1 Å². The first kappa shape index (κ1) is 21.5. The van der Waals surface area contributed by atoms with E-state index >= 15 is 0 Å². The summed E-state index contributed by atoms with van der Waals surface area (Å²) in [6.07, 6.45) is 7.54. The van der Waals surface area contributed by atoms with E-state index in [2.05, 4.69) is 39.4 Å². The molecule has 1 aromatic heterocycles. The predicted molar refractivity (Wildman–Crippen MR) is 123 cm³/mol. The SMILES string of the molecule is C=C/C=C(\C=C)c1ccc(C(=O)N2CCC(NC(=O)c3cc(Br)cnc3N)C2)cc1. The number of nitrogens with zero attached hydrogens (tertiary/aromatic N) is 2. The minimum absolute atomic E-state index is 0.0604. The smallest absolute Gasteiger partial charge is 0.255 e. The van der Waals surface area contributed by atoms with E-state index in [-0.39, 0.29) is 23.7 Å². The van der Waals surface area contributed by atoms with Gasteiger partial charge in [-0.05, 0) is 51.7 Å². The molecule has 0 spiro atoms. The normalized spacial score (nSPS) is 16.2. The molecule has 154 valence electrons. The zero-order valence-corrected chi connectivity index (χ0v) is 18.1. The van der Waals surface area contributed by atoms with E-state index < -0.39 is 0 Å². The fourth-order valence-electron chi connectivity index (χ4n) is 3.35. The van der Waals surface area contributed by atoms with E-state index in [1.807, 2.05) is 18.2 Å². The Kier molecular flexibility index (Phi) is 6.84. The number of nitrogens with two attached hydrogens (primary N) is 1. The quantitative estimate of drug-likeness (QED) is 0.633. The number of nitrogen functional groups attached to an aromatic ring is 1. The van der Waals surface area contributed by atoms with Crippen LogP contribution in [0.1, 0.15) is 32.7 Å². The second-order valence-electron chi connectivity index (χ2n) is 6.94. The lowest BCUT2D eigenvalue weighted by Gasteiger charge is -2.18. The van der Waals surface area contributed by atoms with Gasteiger partial charge in [0.2, 0.25) is 0 Å². The van der Waals surface area contributed by atoms with Gasteiger partial charge in [0.05, 0.1) is 5.56 Å². The van der Waals surface area contributed by atoms with Gasteiger partial charge in [-0.25, -0.2) is 4.98 Å². The van der Waals surface area contributed by atoms with Crippen LogP contribution in [0.15, 0.2) is 72.4 Å². The molecule has 2 heterocycles. The highest BCUT2D eigenvalue weighted by Crippen LogP contribution is 2.20. The lowest BCUT2D eigenvalue weighted by molar-refractivity contribution is 0.0783. The number of hydrogen-bond donors (Lipinski definition) is 2. The molecule has 3 rings (SSSR count). The van der Waals surface area contributed by atoms with Crippen LogP contribution in [0.4, 0.5) is 5.82 Å². The Morgan fingerprint density at radius 1 is 1.23 bits per heavy atom. The summed E-state index contributed by atoms with van der Waals surface area (Å²) in [4.78, 5) is 31.1. The Morgan fingerprint density at radius 2 is 1.93 bits per heavy atom. The van der Waals surface area contributed by atoms with Crippen molar-refractivity contribution in [2.75, 3.05) is 18.8 Å². The molecule has 7 heteroatoms.